The molecule has 0 saturated carbocycles. The first-order chi connectivity index (χ1) is 12.9. The van der Waals surface area contributed by atoms with Gasteiger partial charge >= 0.3 is 0 Å². The number of halogens is 1. The molecule has 0 amide bonds. The lowest BCUT2D eigenvalue weighted by molar-refractivity contribution is -0.128. The number of methoxy groups -OCH3 is 1. The van der Waals surface area contributed by atoms with Gasteiger partial charge in [-0.1, -0.05) is 39.0 Å². The highest BCUT2D eigenvalue weighted by Gasteiger charge is 2.49. The third-order valence-corrected chi connectivity index (χ3v) is 5.20. The molecule has 144 valence electrons. The van der Waals surface area contributed by atoms with E-state index in [1.165, 1.54) is 43.5 Å². The fourth-order valence-corrected chi connectivity index (χ4v) is 3.59. The number of allylic oxidation sites excluding steroid dienone is 4. The highest BCUT2D eigenvalue weighted by Crippen LogP contribution is 2.46. The second-order valence-corrected chi connectivity index (χ2v) is 6.46. The number of carbonyl (C=O) groups is 2. The first-order valence-electron chi connectivity index (χ1n) is 9.10. The summed E-state index contributed by atoms with van der Waals surface area (Å²) in [6.45, 7) is 5.58. The number of rotatable bonds is 7. The molecular formula is C22H25FO4. The van der Waals surface area contributed by atoms with Gasteiger partial charge in [-0.15, -0.1) is 0 Å². The minimum atomic E-state index is -0.957. The van der Waals surface area contributed by atoms with Gasteiger partial charge in [-0.05, 0) is 43.0 Å². The van der Waals surface area contributed by atoms with Crippen molar-refractivity contribution in [1.29, 1.82) is 0 Å². The van der Waals surface area contributed by atoms with Gasteiger partial charge in [-0.3, -0.25) is 9.59 Å². The van der Waals surface area contributed by atoms with Crippen LogP contribution in [-0.2, 0) is 14.3 Å². The Balaban J connectivity index is 2.52. The number of hydrogen-bond donors (Lipinski definition) is 1. The predicted molar refractivity (Wildman–Crippen MR) is 102 cm³/mol. The van der Waals surface area contributed by atoms with Crippen LogP contribution in [0.1, 0.15) is 45.6 Å². The fourth-order valence-electron chi connectivity index (χ4n) is 3.59. The maximum atomic E-state index is 13.2. The molecule has 0 aliphatic heterocycles. The highest BCUT2D eigenvalue weighted by atomic mass is 19.1. The predicted octanol–water partition coefficient (Wildman–Crippen LogP) is 4.92. The molecular weight excluding hydrogens is 347 g/mol. The summed E-state index contributed by atoms with van der Waals surface area (Å²) in [7, 11) is 1.48. The number of ketones is 2. The molecule has 0 spiro atoms. The Kier molecular flexibility index (Phi) is 6.37. The molecule has 1 N–H and O–H groups in total. The molecule has 4 nitrogen and oxygen atoms in total. The quantitative estimate of drug-likeness (QED) is 0.545. The van der Waals surface area contributed by atoms with Crippen LogP contribution >= 0.6 is 0 Å². The molecule has 27 heavy (non-hydrogen) atoms. The first-order valence-corrected chi connectivity index (χ1v) is 9.10. The molecule has 2 rings (SSSR count). The van der Waals surface area contributed by atoms with Gasteiger partial charge in [0.2, 0.25) is 0 Å². The zero-order valence-electron chi connectivity index (χ0n) is 16.1. The molecule has 1 aromatic rings. The first kappa shape index (κ1) is 20.6. The van der Waals surface area contributed by atoms with E-state index in [9.17, 15) is 19.1 Å². The van der Waals surface area contributed by atoms with Crippen molar-refractivity contribution in [2.45, 2.75) is 40.0 Å². The maximum absolute atomic E-state index is 13.2. The van der Waals surface area contributed by atoms with Crippen molar-refractivity contribution in [3.63, 3.8) is 0 Å². The highest BCUT2D eigenvalue weighted by molar-refractivity contribution is 6.28. The molecule has 0 heterocycles. The molecule has 0 bridgehead atoms. The number of aliphatic hydroxyl groups excluding tert-OH is 1. The zero-order chi connectivity index (χ0) is 20.2. The normalized spacial score (nSPS) is 17.0. The number of Topliss-reactive ketones (excluding diaryl/α,β-unsaturated/α-hetero) is 1. The lowest BCUT2D eigenvalue weighted by Crippen LogP contribution is -2.40. The minimum Gasteiger partial charge on any atom is -0.507 e. The van der Waals surface area contributed by atoms with E-state index in [0.717, 1.165) is 0 Å². The van der Waals surface area contributed by atoms with E-state index in [-0.39, 0.29) is 17.1 Å². The van der Waals surface area contributed by atoms with Crippen LogP contribution in [-0.4, -0.2) is 23.8 Å². The Morgan fingerprint density at radius 1 is 1.19 bits per heavy atom. The molecule has 5 heteroatoms. The average Bonchev–Trinajstić information content (AvgIpc) is 2.67. The molecule has 0 fully saturated rings. The summed E-state index contributed by atoms with van der Waals surface area (Å²) in [5.41, 5.74) is -0.0654. The van der Waals surface area contributed by atoms with Gasteiger partial charge in [-0.2, -0.15) is 0 Å². The number of benzene rings is 1. The zero-order valence-corrected chi connectivity index (χ0v) is 16.1. The lowest BCUT2D eigenvalue weighted by atomic mass is 9.68. The van der Waals surface area contributed by atoms with E-state index in [1.807, 2.05) is 20.8 Å². The van der Waals surface area contributed by atoms with Gasteiger partial charge in [-0.25, -0.2) is 4.39 Å². The third kappa shape index (κ3) is 3.59. The number of hydrogen-bond acceptors (Lipinski definition) is 4. The van der Waals surface area contributed by atoms with E-state index in [1.54, 1.807) is 0 Å². The van der Waals surface area contributed by atoms with Crippen molar-refractivity contribution < 1.29 is 23.8 Å². The van der Waals surface area contributed by atoms with Crippen LogP contribution in [0.4, 0.5) is 4.39 Å². The van der Waals surface area contributed by atoms with Crippen molar-refractivity contribution in [1.82, 2.24) is 0 Å². The molecule has 1 aliphatic carbocycles. The van der Waals surface area contributed by atoms with Crippen molar-refractivity contribution in [3.05, 3.63) is 64.4 Å². The van der Waals surface area contributed by atoms with Crippen molar-refractivity contribution in [2.75, 3.05) is 7.11 Å². The molecule has 0 radical (unpaired) electrons. The number of carbonyl (C=O) groups excluding carboxylic acids is 2. The van der Waals surface area contributed by atoms with Crippen molar-refractivity contribution in [3.8, 4) is 0 Å². The molecule has 1 aliphatic rings. The standard InChI is InChI=1S/C22H25FO4/c1-5-16-19(25)18(20(26)22(6-2,7-3)21(16)27-4)17(24)13-10-14-8-11-15(23)12-9-14/h8-13,25H,5-7H2,1-4H3/b13-10+. The summed E-state index contributed by atoms with van der Waals surface area (Å²) in [5, 5.41) is 10.6. The Morgan fingerprint density at radius 3 is 2.26 bits per heavy atom. The monoisotopic (exact) mass is 372 g/mol. The maximum Gasteiger partial charge on any atom is 0.193 e. The van der Waals surface area contributed by atoms with Gasteiger partial charge in [0.1, 0.15) is 22.9 Å². The summed E-state index contributed by atoms with van der Waals surface area (Å²) in [6, 6.07) is 5.63. The molecule has 1 aromatic carbocycles. The van der Waals surface area contributed by atoms with Crippen LogP contribution in [0.5, 0.6) is 0 Å². The smallest absolute Gasteiger partial charge is 0.193 e. The largest absolute Gasteiger partial charge is 0.507 e. The second kappa shape index (κ2) is 8.33. The Hall–Kier alpha value is -2.69. The Bertz CT molecular complexity index is 824. The van der Waals surface area contributed by atoms with Crippen LogP contribution in [0.25, 0.3) is 6.08 Å². The number of aliphatic hydroxyl groups is 1. The topological polar surface area (TPSA) is 63.6 Å². The minimum absolute atomic E-state index is 0.213. The van der Waals surface area contributed by atoms with Crippen LogP contribution in [0.15, 0.2) is 53.0 Å². The van der Waals surface area contributed by atoms with Gasteiger partial charge < -0.3 is 9.84 Å². The van der Waals surface area contributed by atoms with Gasteiger partial charge in [0.15, 0.2) is 11.6 Å². The van der Waals surface area contributed by atoms with Crippen LogP contribution in [0.2, 0.25) is 0 Å². The Morgan fingerprint density at radius 2 is 1.78 bits per heavy atom. The van der Waals surface area contributed by atoms with Crippen LogP contribution in [0.3, 0.4) is 0 Å². The Labute approximate surface area is 159 Å². The van der Waals surface area contributed by atoms with E-state index >= 15 is 0 Å². The molecule has 0 saturated heterocycles. The van der Waals surface area contributed by atoms with E-state index in [0.29, 0.717) is 36.2 Å². The SMILES string of the molecule is CCC1=C(OC)C(CC)(CC)C(=O)C(C(=O)/C=C/c2ccc(F)cc2)=C1O. The van der Waals surface area contributed by atoms with Gasteiger partial charge in [0.05, 0.1) is 12.5 Å². The average molecular weight is 372 g/mol. The fraction of sp³-hybridized carbons (Fsp3) is 0.364. The summed E-state index contributed by atoms with van der Waals surface area (Å²) in [6.07, 6.45) is 4.08. The van der Waals surface area contributed by atoms with E-state index in [2.05, 4.69) is 0 Å². The lowest BCUT2D eigenvalue weighted by Gasteiger charge is -2.37. The van der Waals surface area contributed by atoms with E-state index < -0.39 is 17.0 Å². The summed E-state index contributed by atoms with van der Waals surface area (Å²) < 4.78 is 18.5. The van der Waals surface area contributed by atoms with Gasteiger partial charge in [0.25, 0.3) is 0 Å². The van der Waals surface area contributed by atoms with Crippen molar-refractivity contribution in [2.24, 2.45) is 5.41 Å². The summed E-state index contributed by atoms with van der Waals surface area (Å²) >= 11 is 0. The molecule has 0 unspecified atom stereocenters. The van der Waals surface area contributed by atoms with Gasteiger partial charge in [0, 0.05) is 5.57 Å². The number of ether oxygens (including phenoxy) is 1. The van der Waals surface area contributed by atoms with Crippen LogP contribution in [0, 0.1) is 11.2 Å². The third-order valence-electron chi connectivity index (χ3n) is 5.20. The molecule has 0 atom stereocenters. The second-order valence-electron chi connectivity index (χ2n) is 6.46. The van der Waals surface area contributed by atoms with Crippen LogP contribution < -0.4 is 0 Å². The van der Waals surface area contributed by atoms with Crippen molar-refractivity contribution >= 4 is 17.6 Å². The van der Waals surface area contributed by atoms with E-state index in [4.69, 9.17) is 4.74 Å². The summed E-state index contributed by atoms with van der Waals surface area (Å²) in [4.78, 5) is 26.0. The summed E-state index contributed by atoms with van der Waals surface area (Å²) in [5.74, 6) is -1.24. The molecule has 0 aromatic heterocycles.